The SMILES string of the molecule is CCCC(CS)(CCC)Cn1cncc(Br)c1=O. The molecule has 1 aromatic heterocycles. The van der Waals surface area contributed by atoms with Crippen molar-refractivity contribution in [2.24, 2.45) is 5.41 Å². The summed E-state index contributed by atoms with van der Waals surface area (Å²) in [6, 6.07) is 0. The first-order chi connectivity index (χ1) is 8.58. The Kier molecular flexibility index (Phi) is 6.43. The molecule has 3 nitrogen and oxygen atoms in total. The third-order valence-electron chi connectivity index (χ3n) is 3.26. The molecule has 1 heterocycles. The monoisotopic (exact) mass is 332 g/mol. The zero-order valence-electron chi connectivity index (χ0n) is 11.0. The number of hydrogen-bond acceptors (Lipinski definition) is 3. The number of halogens is 1. The van der Waals surface area contributed by atoms with Gasteiger partial charge in [0, 0.05) is 12.7 Å². The quantitative estimate of drug-likeness (QED) is 0.775. The molecule has 1 aromatic rings. The molecule has 5 heteroatoms. The van der Waals surface area contributed by atoms with Gasteiger partial charge >= 0.3 is 0 Å². The normalized spacial score (nSPS) is 11.8. The van der Waals surface area contributed by atoms with Crippen molar-refractivity contribution in [3.8, 4) is 0 Å². The van der Waals surface area contributed by atoms with Gasteiger partial charge in [-0.05, 0) is 39.9 Å². The van der Waals surface area contributed by atoms with Crippen LogP contribution in [0, 0.1) is 5.41 Å². The van der Waals surface area contributed by atoms with E-state index < -0.39 is 0 Å². The van der Waals surface area contributed by atoms with Crippen LogP contribution in [0.5, 0.6) is 0 Å². The van der Waals surface area contributed by atoms with Crippen molar-refractivity contribution in [1.82, 2.24) is 9.55 Å². The van der Waals surface area contributed by atoms with Crippen molar-refractivity contribution < 1.29 is 0 Å². The van der Waals surface area contributed by atoms with E-state index in [9.17, 15) is 4.79 Å². The van der Waals surface area contributed by atoms with Gasteiger partial charge in [0.1, 0.15) is 4.47 Å². The summed E-state index contributed by atoms with van der Waals surface area (Å²) in [5.74, 6) is 0.799. The van der Waals surface area contributed by atoms with Gasteiger partial charge < -0.3 is 0 Å². The second-order valence-electron chi connectivity index (χ2n) is 4.83. The molecule has 1 rings (SSSR count). The fraction of sp³-hybridized carbons (Fsp3) is 0.692. The summed E-state index contributed by atoms with van der Waals surface area (Å²) < 4.78 is 2.22. The van der Waals surface area contributed by atoms with Crippen LogP contribution in [-0.2, 0) is 6.54 Å². The number of thiol groups is 1. The lowest BCUT2D eigenvalue weighted by Crippen LogP contribution is -2.34. The van der Waals surface area contributed by atoms with E-state index >= 15 is 0 Å². The van der Waals surface area contributed by atoms with E-state index in [0.29, 0.717) is 11.0 Å². The fourth-order valence-corrected chi connectivity index (χ4v) is 3.21. The molecular formula is C13H21BrN2OS. The molecule has 0 saturated carbocycles. The largest absolute Gasteiger partial charge is 0.298 e. The summed E-state index contributed by atoms with van der Waals surface area (Å²) in [4.78, 5) is 16.1. The molecule has 0 amide bonds. The van der Waals surface area contributed by atoms with Gasteiger partial charge in [-0.1, -0.05) is 26.7 Å². The first-order valence-corrected chi connectivity index (χ1v) is 7.82. The van der Waals surface area contributed by atoms with Crippen molar-refractivity contribution >= 4 is 28.6 Å². The molecule has 0 bridgehead atoms. The second kappa shape index (κ2) is 7.34. The molecule has 102 valence electrons. The maximum atomic E-state index is 12.0. The van der Waals surface area contributed by atoms with E-state index in [2.05, 4.69) is 47.4 Å². The van der Waals surface area contributed by atoms with Crippen molar-refractivity contribution in [1.29, 1.82) is 0 Å². The van der Waals surface area contributed by atoms with Gasteiger partial charge in [0.05, 0.1) is 6.33 Å². The topological polar surface area (TPSA) is 34.9 Å². The number of aromatic nitrogens is 2. The van der Waals surface area contributed by atoms with E-state index in [4.69, 9.17) is 0 Å². The molecule has 0 aromatic carbocycles. The average Bonchev–Trinajstić information content (AvgIpc) is 2.35. The van der Waals surface area contributed by atoms with E-state index in [0.717, 1.165) is 31.4 Å². The first kappa shape index (κ1) is 15.8. The molecule has 0 atom stereocenters. The van der Waals surface area contributed by atoms with Crippen molar-refractivity contribution in [2.75, 3.05) is 5.75 Å². The Balaban J connectivity index is 3.02. The maximum Gasteiger partial charge on any atom is 0.267 e. The van der Waals surface area contributed by atoms with Crippen LogP contribution in [0.1, 0.15) is 39.5 Å². The average molecular weight is 333 g/mol. The van der Waals surface area contributed by atoms with E-state index in [-0.39, 0.29) is 11.0 Å². The van der Waals surface area contributed by atoms with Gasteiger partial charge in [-0.2, -0.15) is 12.6 Å². The standard InChI is InChI=1S/C13H21BrN2OS/c1-3-5-13(9-18,6-4-2)8-16-10-15-7-11(14)12(16)17/h7,10,18H,3-6,8-9H2,1-2H3. The molecular weight excluding hydrogens is 312 g/mol. The summed E-state index contributed by atoms with van der Waals surface area (Å²) in [5, 5.41) is 0. The van der Waals surface area contributed by atoms with Crippen LogP contribution in [0.25, 0.3) is 0 Å². The molecule has 0 aliphatic heterocycles. The molecule has 0 fully saturated rings. The summed E-state index contributed by atoms with van der Waals surface area (Å²) in [6.07, 6.45) is 7.55. The third kappa shape index (κ3) is 3.85. The Morgan fingerprint density at radius 3 is 2.50 bits per heavy atom. The summed E-state index contributed by atoms with van der Waals surface area (Å²) in [6.45, 7) is 5.05. The summed E-state index contributed by atoms with van der Waals surface area (Å²) >= 11 is 7.75. The molecule has 0 aliphatic rings. The Bertz CT molecular complexity index is 427. The fourth-order valence-electron chi connectivity index (χ4n) is 2.45. The van der Waals surface area contributed by atoms with Crippen LogP contribution in [0.3, 0.4) is 0 Å². The first-order valence-electron chi connectivity index (χ1n) is 6.39. The van der Waals surface area contributed by atoms with Crippen molar-refractivity contribution in [2.45, 2.75) is 46.1 Å². The summed E-state index contributed by atoms with van der Waals surface area (Å²) in [5.41, 5.74) is 0.0854. The third-order valence-corrected chi connectivity index (χ3v) is 4.48. The van der Waals surface area contributed by atoms with Crippen LogP contribution >= 0.6 is 28.6 Å². The minimum absolute atomic E-state index is 0.0108. The van der Waals surface area contributed by atoms with Crippen LogP contribution in [0.2, 0.25) is 0 Å². The van der Waals surface area contributed by atoms with Crippen LogP contribution in [-0.4, -0.2) is 15.3 Å². The van der Waals surface area contributed by atoms with E-state index in [1.807, 2.05) is 0 Å². The van der Waals surface area contributed by atoms with Gasteiger partial charge in [-0.25, -0.2) is 4.98 Å². The molecule has 0 radical (unpaired) electrons. The summed E-state index contributed by atoms with van der Waals surface area (Å²) in [7, 11) is 0. The Hall–Kier alpha value is -0.290. The predicted octanol–water partition coefficient (Wildman–Crippen LogP) is 3.52. The highest BCUT2D eigenvalue weighted by molar-refractivity contribution is 9.10. The van der Waals surface area contributed by atoms with Gasteiger partial charge in [0.15, 0.2) is 0 Å². The minimum Gasteiger partial charge on any atom is -0.298 e. The Labute approximate surface area is 123 Å². The highest BCUT2D eigenvalue weighted by Gasteiger charge is 2.28. The van der Waals surface area contributed by atoms with Crippen molar-refractivity contribution in [3.63, 3.8) is 0 Å². The Morgan fingerprint density at radius 2 is 2.00 bits per heavy atom. The van der Waals surface area contributed by atoms with Gasteiger partial charge in [-0.3, -0.25) is 9.36 Å². The molecule has 0 aliphatic carbocycles. The zero-order chi connectivity index (χ0) is 13.6. The molecule has 18 heavy (non-hydrogen) atoms. The number of rotatable bonds is 7. The van der Waals surface area contributed by atoms with Gasteiger partial charge in [0.25, 0.3) is 5.56 Å². The lowest BCUT2D eigenvalue weighted by molar-refractivity contribution is 0.227. The van der Waals surface area contributed by atoms with Crippen LogP contribution < -0.4 is 5.56 Å². The maximum absolute atomic E-state index is 12.0. The second-order valence-corrected chi connectivity index (χ2v) is 6.00. The smallest absolute Gasteiger partial charge is 0.267 e. The van der Waals surface area contributed by atoms with Crippen LogP contribution in [0.15, 0.2) is 21.8 Å². The zero-order valence-corrected chi connectivity index (χ0v) is 13.5. The molecule has 0 unspecified atom stereocenters. The van der Waals surface area contributed by atoms with Gasteiger partial charge in [0.2, 0.25) is 0 Å². The number of nitrogens with zero attached hydrogens (tertiary/aromatic N) is 2. The predicted molar refractivity (Wildman–Crippen MR) is 82.3 cm³/mol. The van der Waals surface area contributed by atoms with E-state index in [1.165, 1.54) is 0 Å². The molecule has 0 spiro atoms. The minimum atomic E-state index is -0.0108. The lowest BCUT2D eigenvalue weighted by Gasteiger charge is -2.32. The molecule has 0 N–H and O–H groups in total. The van der Waals surface area contributed by atoms with Crippen molar-refractivity contribution in [3.05, 3.63) is 27.4 Å². The highest BCUT2D eigenvalue weighted by Crippen LogP contribution is 2.32. The van der Waals surface area contributed by atoms with E-state index in [1.54, 1.807) is 17.1 Å². The lowest BCUT2D eigenvalue weighted by atomic mass is 9.81. The Morgan fingerprint density at radius 1 is 1.39 bits per heavy atom. The number of hydrogen-bond donors (Lipinski definition) is 1. The molecule has 0 saturated heterocycles. The van der Waals surface area contributed by atoms with Crippen LogP contribution in [0.4, 0.5) is 0 Å². The van der Waals surface area contributed by atoms with Gasteiger partial charge in [-0.15, -0.1) is 0 Å². The highest BCUT2D eigenvalue weighted by atomic mass is 79.9.